The van der Waals surface area contributed by atoms with Gasteiger partial charge in [0.15, 0.2) is 0 Å². The summed E-state index contributed by atoms with van der Waals surface area (Å²) < 4.78 is 8.71. The molecule has 0 aliphatic carbocycles. The molecule has 1 atom stereocenters. The minimum atomic E-state index is -1.35. The molecule has 1 aliphatic rings. The molecule has 0 aromatic carbocycles. The Bertz CT molecular complexity index is 121. The topological polar surface area (TPSA) is 27.3 Å². The average molecular weight is 273 g/mol. The molecule has 1 saturated heterocycles. The molecule has 1 aliphatic heterocycles. The SMILES string of the molecule is CC(C[CH2][In]1[NH]CC[NH]1)N(C)C. The van der Waals surface area contributed by atoms with E-state index in [1.807, 2.05) is 0 Å². The second-order valence-electron chi connectivity index (χ2n) is 3.85. The van der Waals surface area contributed by atoms with Crippen LogP contribution in [0.5, 0.6) is 0 Å². The van der Waals surface area contributed by atoms with Crippen molar-refractivity contribution in [1.82, 2.24) is 11.5 Å². The zero-order valence-electron chi connectivity index (χ0n) is 8.43. The number of hydrogen-bond donors (Lipinski definition) is 2. The first kappa shape index (κ1) is 10.8. The predicted octanol–water partition coefficient (Wildman–Crippen LogP) is 0.00760. The van der Waals surface area contributed by atoms with Gasteiger partial charge in [0.2, 0.25) is 0 Å². The maximum atomic E-state index is 3.63. The fraction of sp³-hybridized carbons (Fsp3) is 1.00. The summed E-state index contributed by atoms with van der Waals surface area (Å²) in [6, 6.07) is 0.742. The molecule has 1 unspecified atom stereocenters. The standard InChI is InChI=1S/C6H14N.C2H6N2.In/c1-5-6(2)7(3)4;3-1-2-4;/h6H,1,5H2,2-4H3;3-4H,1-2H2;/q;-2;+2. The molecule has 0 aromatic heterocycles. The average Bonchev–Trinajstić information content (AvgIpc) is 2.51. The second kappa shape index (κ2) is 5.47. The molecule has 4 heteroatoms. The van der Waals surface area contributed by atoms with Gasteiger partial charge >= 0.3 is 84.3 Å². The summed E-state index contributed by atoms with van der Waals surface area (Å²) >= 11 is -1.35. The van der Waals surface area contributed by atoms with Gasteiger partial charge < -0.3 is 0 Å². The molecule has 12 heavy (non-hydrogen) atoms. The Morgan fingerprint density at radius 2 is 1.92 bits per heavy atom. The van der Waals surface area contributed by atoms with Crippen molar-refractivity contribution in [3.8, 4) is 0 Å². The van der Waals surface area contributed by atoms with Crippen LogP contribution in [-0.2, 0) is 0 Å². The molecule has 1 heterocycles. The molecule has 0 amide bonds. The third-order valence-electron chi connectivity index (χ3n) is 2.66. The van der Waals surface area contributed by atoms with E-state index in [1.54, 1.807) is 0 Å². The third kappa shape index (κ3) is 3.64. The van der Waals surface area contributed by atoms with Crippen LogP contribution in [-0.4, -0.2) is 60.1 Å². The van der Waals surface area contributed by atoms with E-state index in [4.69, 9.17) is 0 Å². The number of rotatable bonds is 4. The van der Waals surface area contributed by atoms with E-state index in [0.717, 1.165) is 6.04 Å². The summed E-state index contributed by atoms with van der Waals surface area (Å²) in [6.07, 6.45) is 1.35. The van der Waals surface area contributed by atoms with Gasteiger partial charge in [-0.25, -0.2) is 0 Å². The van der Waals surface area contributed by atoms with Crippen LogP contribution in [0.25, 0.3) is 0 Å². The van der Waals surface area contributed by atoms with Crippen LogP contribution in [0.3, 0.4) is 0 Å². The fourth-order valence-corrected chi connectivity index (χ4v) is 8.15. The summed E-state index contributed by atoms with van der Waals surface area (Å²) in [5, 5.41) is 0. The normalized spacial score (nSPS) is 20.5. The van der Waals surface area contributed by atoms with Crippen LogP contribution in [0, 0.1) is 0 Å². The minimum absolute atomic E-state index is 0.742. The van der Waals surface area contributed by atoms with Gasteiger partial charge in [-0.2, -0.15) is 0 Å². The Kier molecular flexibility index (Phi) is 4.94. The van der Waals surface area contributed by atoms with Gasteiger partial charge in [0, 0.05) is 0 Å². The molecule has 0 aromatic rings. The van der Waals surface area contributed by atoms with Crippen molar-refractivity contribution in [2.24, 2.45) is 0 Å². The van der Waals surface area contributed by atoms with Crippen LogP contribution in [0.2, 0.25) is 4.18 Å². The van der Waals surface area contributed by atoms with Crippen LogP contribution >= 0.6 is 0 Å². The fourth-order valence-electron chi connectivity index (χ4n) is 1.44. The zero-order valence-corrected chi connectivity index (χ0v) is 11.7. The molecule has 3 nitrogen and oxygen atoms in total. The molecular formula is C8H20InN3. The van der Waals surface area contributed by atoms with Gasteiger partial charge in [-0.3, -0.25) is 0 Å². The molecule has 1 fully saturated rings. The molecule has 0 radical (unpaired) electrons. The van der Waals surface area contributed by atoms with Crippen molar-refractivity contribution in [2.45, 2.75) is 23.6 Å². The number of hydrogen-bond acceptors (Lipinski definition) is 3. The van der Waals surface area contributed by atoms with Gasteiger partial charge in [-0.05, 0) is 0 Å². The van der Waals surface area contributed by atoms with E-state index in [9.17, 15) is 0 Å². The van der Waals surface area contributed by atoms with Gasteiger partial charge in [0.1, 0.15) is 0 Å². The van der Waals surface area contributed by atoms with Crippen molar-refractivity contribution in [3.63, 3.8) is 0 Å². The summed E-state index contributed by atoms with van der Waals surface area (Å²) in [5.74, 6) is 0. The molecule has 70 valence electrons. The predicted molar refractivity (Wildman–Crippen MR) is 54.3 cm³/mol. The Balaban J connectivity index is 2.07. The Labute approximate surface area is 84.2 Å². The van der Waals surface area contributed by atoms with E-state index < -0.39 is 22.0 Å². The van der Waals surface area contributed by atoms with Gasteiger partial charge in [-0.1, -0.05) is 0 Å². The molecule has 0 bridgehead atoms. The van der Waals surface area contributed by atoms with E-state index in [0.29, 0.717) is 0 Å². The zero-order chi connectivity index (χ0) is 8.97. The Hall–Kier alpha value is 0.750. The van der Waals surface area contributed by atoms with E-state index >= 15 is 0 Å². The Morgan fingerprint density at radius 1 is 1.33 bits per heavy atom. The second-order valence-corrected chi connectivity index (χ2v) is 11.0. The van der Waals surface area contributed by atoms with Crippen LogP contribution in [0.4, 0.5) is 0 Å². The van der Waals surface area contributed by atoms with E-state index in [-0.39, 0.29) is 0 Å². The third-order valence-corrected chi connectivity index (χ3v) is 9.72. The van der Waals surface area contributed by atoms with E-state index in [2.05, 4.69) is 32.5 Å². The van der Waals surface area contributed by atoms with Crippen molar-refractivity contribution >= 4 is 22.0 Å². The number of nitrogens with zero attached hydrogens (tertiary/aromatic N) is 1. The van der Waals surface area contributed by atoms with Crippen molar-refractivity contribution in [1.29, 1.82) is 0 Å². The Morgan fingerprint density at radius 3 is 2.42 bits per heavy atom. The van der Waals surface area contributed by atoms with E-state index in [1.165, 1.54) is 23.7 Å². The molecule has 2 N–H and O–H groups in total. The monoisotopic (exact) mass is 273 g/mol. The summed E-state index contributed by atoms with van der Waals surface area (Å²) in [6.45, 7) is 4.75. The van der Waals surface area contributed by atoms with Crippen LogP contribution in [0.15, 0.2) is 0 Å². The molecule has 1 rings (SSSR count). The first-order valence-corrected chi connectivity index (χ1v) is 10.5. The van der Waals surface area contributed by atoms with Gasteiger partial charge in [0.05, 0.1) is 0 Å². The molecule has 0 saturated carbocycles. The first-order valence-electron chi connectivity index (χ1n) is 4.83. The van der Waals surface area contributed by atoms with Crippen molar-refractivity contribution in [3.05, 3.63) is 0 Å². The summed E-state index contributed by atoms with van der Waals surface area (Å²) in [4.78, 5) is 2.31. The summed E-state index contributed by atoms with van der Waals surface area (Å²) in [7, 11) is 4.32. The first-order chi connectivity index (χ1) is 5.70. The number of nitrogens with one attached hydrogen (secondary N) is 2. The van der Waals surface area contributed by atoms with Gasteiger partial charge in [0.25, 0.3) is 0 Å². The maximum absolute atomic E-state index is 3.63. The molecular weight excluding hydrogens is 253 g/mol. The quantitative estimate of drug-likeness (QED) is 0.755. The summed E-state index contributed by atoms with van der Waals surface area (Å²) in [5.41, 5.74) is 0. The van der Waals surface area contributed by atoms with Crippen molar-refractivity contribution in [2.75, 3.05) is 27.2 Å². The van der Waals surface area contributed by atoms with Gasteiger partial charge in [-0.15, -0.1) is 0 Å². The van der Waals surface area contributed by atoms with Crippen molar-refractivity contribution < 1.29 is 0 Å². The van der Waals surface area contributed by atoms with Crippen LogP contribution < -0.4 is 6.61 Å². The van der Waals surface area contributed by atoms with Crippen LogP contribution in [0.1, 0.15) is 13.3 Å². The molecule has 0 spiro atoms.